The molecule has 0 atom stereocenters. The van der Waals surface area contributed by atoms with Crippen LogP contribution in [-0.4, -0.2) is 12.6 Å². The van der Waals surface area contributed by atoms with E-state index in [-0.39, 0.29) is 5.41 Å². The third-order valence-corrected chi connectivity index (χ3v) is 5.19. The van der Waals surface area contributed by atoms with E-state index < -0.39 is 0 Å². The number of hydrogen-bond acceptors (Lipinski definition) is 2. The van der Waals surface area contributed by atoms with Crippen LogP contribution in [0, 0.1) is 17.2 Å². The fourth-order valence-corrected chi connectivity index (χ4v) is 3.87. The van der Waals surface area contributed by atoms with Gasteiger partial charge in [-0.25, -0.2) is 0 Å². The molecule has 1 aromatic rings. The van der Waals surface area contributed by atoms with E-state index in [2.05, 4.69) is 23.5 Å². The number of benzene rings is 1. The van der Waals surface area contributed by atoms with Gasteiger partial charge < -0.3 is 5.32 Å². The molecular formula is C18H24N2. The Morgan fingerprint density at radius 1 is 1.15 bits per heavy atom. The zero-order valence-corrected chi connectivity index (χ0v) is 12.1. The van der Waals surface area contributed by atoms with E-state index in [1.165, 1.54) is 37.7 Å². The molecule has 0 spiro atoms. The Balaban J connectivity index is 1.46. The fourth-order valence-electron chi connectivity index (χ4n) is 3.87. The van der Waals surface area contributed by atoms with Crippen molar-refractivity contribution in [3.8, 4) is 6.07 Å². The lowest BCUT2D eigenvalue weighted by Gasteiger charge is -2.43. The highest BCUT2D eigenvalue weighted by Gasteiger charge is 2.45. The Kier molecular flexibility index (Phi) is 4.08. The molecule has 0 radical (unpaired) electrons. The van der Waals surface area contributed by atoms with Crippen LogP contribution in [0.25, 0.3) is 0 Å². The van der Waals surface area contributed by atoms with Crippen molar-refractivity contribution in [1.82, 2.24) is 5.32 Å². The molecule has 0 saturated heterocycles. The number of nitrogens with zero attached hydrogens (tertiary/aromatic N) is 1. The monoisotopic (exact) mass is 268 g/mol. The fraction of sp³-hybridized carbons (Fsp3) is 0.611. The van der Waals surface area contributed by atoms with Crippen molar-refractivity contribution in [1.29, 1.82) is 5.26 Å². The first-order valence-corrected chi connectivity index (χ1v) is 8.02. The van der Waals surface area contributed by atoms with Crippen LogP contribution in [0.15, 0.2) is 30.3 Å². The molecule has 1 N–H and O–H groups in total. The van der Waals surface area contributed by atoms with Crippen molar-refractivity contribution in [3.05, 3.63) is 35.9 Å². The average Bonchev–Trinajstić information content (AvgIpc) is 2.96. The van der Waals surface area contributed by atoms with Gasteiger partial charge in [0.15, 0.2) is 0 Å². The smallest absolute Gasteiger partial charge is 0.0852 e. The molecule has 2 nitrogen and oxygen atoms in total. The van der Waals surface area contributed by atoms with Crippen LogP contribution < -0.4 is 5.32 Å². The molecular weight excluding hydrogens is 244 g/mol. The lowest BCUT2D eigenvalue weighted by Crippen LogP contribution is -2.51. The summed E-state index contributed by atoms with van der Waals surface area (Å²) >= 11 is 0. The second-order valence-corrected chi connectivity index (χ2v) is 6.56. The molecule has 0 aromatic heterocycles. The molecule has 1 aromatic carbocycles. The molecule has 2 saturated carbocycles. The van der Waals surface area contributed by atoms with Gasteiger partial charge in [0.1, 0.15) is 0 Å². The van der Waals surface area contributed by atoms with Crippen LogP contribution >= 0.6 is 0 Å². The molecule has 106 valence electrons. The first-order valence-electron chi connectivity index (χ1n) is 8.02. The van der Waals surface area contributed by atoms with E-state index in [0.29, 0.717) is 6.04 Å². The van der Waals surface area contributed by atoms with Crippen LogP contribution in [0.5, 0.6) is 0 Å². The summed E-state index contributed by atoms with van der Waals surface area (Å²) in [7, 11) is 0. The van der Waals surface area contributed by atoms with Gasteiger partial charge in [-0.15, -0.1) is 0 Å². The summed E-state index contributed by atoms with van der Waals surface area (Å²) in [6, 6.07) is 13.4. The largest absolute Gasteiger partial charge is 0.314 e. The third-order valence-electron chi connectivity index (χ3n) is 5.19. The molecule has 20 heavy (non-hydrogen) atoms. The number of rotatable bonds is 5. The molecule has 0 bridgehead atoms. The maximum absolute atomic E-state index is 9.53. The highest BCUT2D eigenvalue weighted by Crippen LogP contribution is 2.43. The molecule has 2 fully saturated rings. The molecule has 0 amide bonds. The summed E-state index contributed by atoms with van der Waals surface area (Å²) in [4.78, 5) is 0. The van der Waals surface area contributed by atoms with Gasteiger partial charge in [-0.05, 0) is 37.3 Å². The van der Waals surface area contributed by atoms with Gasteiger partial charge in [-0.2, -0.15) is 5.26 Å². The van der Waals surface area contributed by atoms with E-state index in [9.17, 15) is 5.26 Å². The quantitative estimate of drug-likeness (QED) is 0.882. The van der Waals surface area contributed by atoms with Gasteiger partial charge in [0, 0.05) is 6.04 Å². The van der Waals surface area contributed by atoms with Gasteiger partial charge in [-0.1, -0.05) is 56.0 Å². The number of hydrogen-bond donors (Lipinski definition) is 1. The number of nitriles is 1. The van der Waals surface area contributed by atoms with Crippen LogP contribution in [0.1, 0.15) is 50.5 Å². The van der Waals surface area contributed by atoms with Gasteiger partial charge >= 0.3 is 0 Å². The molecule has 2 aliphatic rings. The second kappa shape index (κ2) is 5.97. The summed E-state index contributed by atoms with van der Waals surface area (Å²) in [5, 5.41) is 13.2. The van der Waals surface area contributed by atoms with E-state index in [4.69, 9.17) is 0 Å². The van der Waals surface area contributed by atoms with Gasteiger partial charge in [0.05, 0.1) is 11.5 Å². The van der Waals surface area contributed by atoms with Crippen molar-refractivity contribution in [2.45, 2.75) is 56.4 Å². The van der Waals surface area contributed by atoms with Crippen molar-refractivity contribution in [2.24, 2.45) is 5.92 Å². The highest BCUT2D eigenvalue weighted by molar-refractivity contribution is 5.36. The van der Waals surface area contributed by atoms with Crippen LogP contribution in [0.2, 0.25) is 0 Å². The minimum absolute atomic E-state index is 0.230. The van der Waals surface area contributed by atoms with Crippen molar-refractivity contribution in [3.63, 3.8) is 0 Å². The maximum Gasteiger partial charge on any atom is 0.0852 e. The second-order valence-electron chi connectivity index (χ2n) is 6.56. The summed E-state index contributed by atoms with van der Waals surface area (Å²) in [5.74, 6) is 0.956. The lowest BCUT2D eigenvalue weighted by molar-refractivity contribution is 0.223. The summed E-state index contributed by atoms with van der Waals surface area (Å²) in [5.41, 5.74) is 0.961. The predicted octanol–water partition coefficient (Wildman–Crippen LogP) is 3.78. The Morgan fingerprint density at radius 3 is 2.50 bits per heavy atom. The number of nitrogens with one attached hydrogen (secondary N) is 1. The Morgan fingerprint density at radius 2 is 1.85 bits per heavy atom. The Hall–Kier alpha value is -1.33. The van der Waals surface area contributed by atoms with Gasteiger partial charge in [-0.3, -0.25) is 0 Å². The zero-order chi connectivity index (χ0) is 13.8. The SMILES string of the molecule is N#CC1(c2ccccc2)CC(NCCC2CCCC2)C1. The van der Waals surface area contributed by atoms with Crippen molar-refractivity contribution < 1.29 is 0 Å². The van der Waals surface area contributed by atoms with E-state index in [0.717, 1.165) is 25.3 Å². The Bertz CT molecular complexity index is 462. The normalized spacial score (nSPS) is 29.9. The third kappa shape index (κ3) is 2.74. The highest BCUT2D eigenvalue weighted by atomic mass is 14.9. The molecule has 3 rings (SSSR count). The van der Waals surface area contributed by atoms with Crippen LogP contribution in [0.3, 0.4) is 0 Å². The van der Waals surface area contributed by atoms with Gasteiger partial charge in [0.25, 0.3) is 0 Å². The molecule has 0 aliphatic heterocycles. The van der Waals surface area contributed by atoms with Crippen molar-refractivity contribution >= 4 is 0 Å². The average molecular weight is 268 g/mol. The molecule has 0 heterocycles. The molecule has 2 heteroatoms. The minimum atomic E-state index is -0.230. The van der Waals surface area contributed by atoms with Crippen LogP contribution in [-0.2, 0) is 5.41 Å². The summed E-state index contributed by atoms with van der Waals surface area (Å²) in [6.07, 6.45) is 8.98. The molecule has 2 aliphatic carbocycles. The molecule has 0 unspecified atom stereocenters. The van der Waals surface area contributed by atoms with Gasteiger partial charge in [0.2, 0.25) is 0 Å². The topological polar surface area (TPSA) is 35.8 Å². The van der Waals surface area contributed by atoms with E-state index in [1.807, 2.05) is 18.2 Å². The van der Waals surface area contributed by atoms with Crippen LogP contribution in [0.4, 0.5) is 0 Å². The zero-order valence-electron chi connectivity index (χ0n) is 12.1. The lowest BCUT2D eigenvalue weighted by atomic mass is 9.62. The Labute approximate surface area is 122 Å². The van der Waals surface area contributed by atoms with E-state index >= 15 is 0 Å². The standard InChI is InChI=1S/C18H24N2/c19-14-18(16-8-2-1-3-9-16)12-17(13-18)20-11-10-15-6-4-5-7-15/h1-3,8-9,15,17,20H,4-7,10-13H2. The summed E-state index contributed by atoms with van der Waals surface area (Å²) in [6.45, 7) is 1.13. The summed E-state index contributed by atoms with van der Waals surface area (Å²) < 4.78 is 0. The first-order chi connectivity index (χ1) is 9.82. The van der Waals surface area contributed by atoms with E-state index in [1.54, 1.807) is 0 Å². The first kappa shape index (κ1) is 13.6. The predicted molar refractivity (Wildman–Crippen MR) is 81.3 cm³/mol. The maximum atomic E-state index is 9.53. The van der Waals surface area contributed by atoms with Crippen molar-refractivity contribution in [2.75, 3.05) is 6.54 Å². The minimum Gasteiger partial charge on any atom is -0.314 e.